The van der Waals surface area contributed by atoms with Gasteiger partial charge in [-0.05, 0) is 43.5 Å². The van der Waals surface area contributed by atoms with Crippen LogP contribution in [0.5, 0.6) is 5.75 Å². The van der Waals surface area contributed by atoms with Gasteiger partial charge in [0, 0.05) is 0 Å². The quantitative estimate of drug-likeness (QED) is 0.812. The molecule has 1 aliphatic carbocycles. The number of allylic oxidation sites excluding steroid dienone is 1. The Balaban J connectivity index is 2.13. The van der Waals surface area contributed by atoms with E-state index in [0.29, 0.717) is 0 Å². The lowest BCUT2D eigenvalue weighted by atomic mass is 9.98. The number of likely N-dealkylation sites (N-methyl/N-ethyl adjacent to an activating group) is 1. The first-order chi connectivity index (χ1) is 9.49. The third-order valence-electron chi connectivity index (χ3n) is 3.30. The van der Waals surface area contributed by atoms with Crippen molar-refractivity contribution < 1.29 is 17.9 Å². The van der Waals surface area contributed by atoms with E-state index in [-0.39, 0.29) is 11.8 Å². The first-order valence-electron chi connectivity index (χ1n) is 6.77. The summed E-state index contributed by atoms with van der Waals surface area (Å²) in [6, 6.07) is 6.19. The van der Waals surface area contributed by atoms with Gasteiger partial charge in [-0.25, -0.2) is 0 Å². The number of hydrogen-bond acceptors (Lipinski definition) is 2. The van der Waals surface area contributed by atoms with Crippen LogP contribution in [0, 0.1) is 0 Å². The second-order valence-electron chi connectivity index (χ2n) is 4.78. The van der Waals surface area contributed by atoms with Gasteiger partial charge in [-0.3, -0.25) is 0 Å². The summed E-state index contributed by atoms with van der Waals surface area (Å²) in [6.07, 6.45) is 0.835. The normalized spacial score (nSPS) is 16.9. The van der Waals surface area contributed by atoms with Crippen LogP contribution in [-0.4, -0.2) is 12.9 Å². The summed E-state index contributed by atoms with van der Waals surface area (Å²) in [6.45, 7) is 2.83. The molecular formula is C15H18F3NO. The largest absolute Gasteiger partial charge is 0.573 e. The van der Waals surface area contributed by atoms with Gasteiger partial charge in [-0.2, -0.15) is 0 Å². The van der Waals surface area contributed by atoms with Crippen LogP contribution in [0.15, 0.2) is 35.9 Å². The number of hydrogen-bond donors (Lipinski definition) is 1. The number of alkyl halides is 3. The van der Waals surface area contributed by atoms with E-state index in [2.05, 4.69) is 16.1 Å². The lowest BCUT2D eigenvalue weighted by molar-refractivity contribution is -0.274. The van der Waals surface area contributed by atoms with Gasteiger partial charge in [-0.15, -0.1) is 13.2 Å². The van der Waals surface area contributed by atoms with Crippen LogP contribution in [0.25, 0.3) is 0 Å². The summed E-state index contributed by atoms with van der Waals surface area (Å²) in [5, 5.41) is 3.38. The number of nitrogens with one attached hydrogen (secondary N) is 1. The van der Waals surface area contributed by atoms with Crippen LogP contribution in [0.4, 0.5) is 13.2 Å². The Morgan fingerprint density at radius 3 is 2.45 bits per heavy atom. The lowest BCUT2D eigenvalue weighted by Crippen LogP contribution is -2.22. The number of rotatable bonds is 5. The maximum Gasteiger partial charge on any atom is 0.573 e. The topological polar surface area (TPSA) is 21.3 Å². The zero-order chi connectivity index (χ0) is 14.6. The summed E-state index contributed by atoms with van der Waals surface area (Å²) < 4.78 is 40.3. The van der Waals surface area contributed by atoms with Gasteiger partial charge in [-0.1, -0.05) is 30.7 Å². The molecule has 0 radical (unpaired) electrons. The van der Waals surface area contributed by atoms with Gasteiger partial charge >= 0.3 is 6.36 Å². The summed E-state index contributed by atoms with van der Waals surface area (Å²) in [4.78, 5) is 0. The van der Waals surface area contributed by atoms with Crippen LogP contribution >= 0.6 is 0 Å². The van der Waals surface area contributed by atoms with Gasteiger partial charge in [0.05, 0.1) is 6.04 Å². The van der Waals surface area contributed by atoms with Crippen LogP contribution in [0.2, 0.25) is 0 Å². The van der Waals surface area contributed by atoms with Gasteiger partial charge in [0.2, 0.25) is 0 Å². The smallest absolute Gasteiger partial charge is 0.406 e. The fourth-order valence-electron chi connectivity index (χ4n) is 2.49. The minimum atomic E-state index is -4.64. The second kappa shape index (κ2) is 6.31. The van der Waals surface area contributed by atoms with Crippen molar-refractivity contribution in [2.45, 2.75) is 38.6 Å². The molecule has 0 aliphatic heterocycles. The average molecular weight is 285 g/mol. The summed E-state index contributed by atoms with van der Waals surface area (Å²) in [7, 11) is 0. The van der Waals surface area contributed by atoms with Gasteiger partial charge in [0.15, 0.2) is 0 Å². The minimum Gasteiger partial charge on any atom is -0.406 e. The van der Waals surface area contributed by atoms with Crippen LogP contribution in [0.3, 0.4) is 0 Å². The third kappa shape index (κ3) is 4.00. The van der Waals surface area contributed by atoms with Crippen molar-refractivity contribution in [2.75, 3.05) is 6.54 Å². The van der Waals surface area contributed by atoms with Crippen molar-refractivity contribution >= 4 is 0 Å². The van der Waals surface area contributed by atoms with Gasteiger partial charge in [0.25, 0.3) is 0 Å². The maximum absolute atomic E-state index is 12.1. The predicted octanol–water partition coefficient (Wildman–Crippen LogP) is 4.35. The van der Waals surface area contributed by atoms with Gasteiger partial charge in [0.1, 0.15) is 5.75 Å². The molecule has 2 nitrogen and oxygen atoms in total. The third-order valence-corrected chi connectivity index (χ3v) is 3.30. The number of ether oxygens (including phenoxy) is 1. The van der Waals surface area contributed by atoms with E-state index in [9.17, 15) is 13.2 Å². The number of halogens is 3. The van der Waals surface area contributed by atoms with E-state index < -0.39 is 6.36 Å². The molecule has 1 unspecified atom stereocenters. The van der Waals surface area contributed by atoms with Crippen molar-refractivity contribution in [3.05, 3.63) is 41.5 Å². The Hall–Kier alpha value is -1.49. The van der Waals surface area contributed by atoms with Crippen molar-refractivity contribution in [3.8, 4) is 5.75 Å². The van der Waals surface area contributed by atoms with E-state index in [0.717, 1.165) is 31.4 Å². The van der Waals surface area contributed by atoms with E-state index in [1.807, 2.05) is 6.92 Å². The molecule has 1 aliphatic rings. The average Bonchev–Trinajstić information content (AvgIpc) is 2.89. The molecule has 0 bridgehead atoms. The lowest BCUT2D eigenvalue weighted by Gasteiger charge is -2.20. The molecule has 0 saturated heterocycles. The molecule has 110 valence electrons. The molecule has 20 heavy (non-hydrogen) atoms. The Kier molecular flexibility index (Phi) is 4.70. The molecular weight excluding hydrogens is 267 g/mol. The highest BCUT2D eigenvalue weighted by Gasteiger charge is 2.31. The van der Waals surface area contributed by atoms with Crippen molar-refractivity contribution in [3.63, 3.8) is 0 Å². The minimum absolute atomic E-state index is 0.0856. The molecule has 0 fully saturated rings. The first kappa shape index (κ1) is 14.9. The second-order valence-corrected chi connectivity index (χ2v) is 4.78. The summed E-state index contributed by atoms with van der Waals surface area (Å²) >= 11 is 0. The standard InChI is InChI=1S/C15H18F3NO/c1-2-19-14(11-5-3-4-6-11)12-7-9-13(10-8-12)20-15(16,17)18/h5,7-10,14,19H,2-4,6H2,1H3. The van der Waals surface area contributed by atoms with Crippen LogP contribution in [-0.2, 0) is 0 Å². The van der Waals surface area contributed by atoms with E-state index in [1.54, 1.807) is 12.1 Å². The molecule has 2 rings (SSSR count). The van der Waals surface area contributed by atoms with Crippen molar-refractivity contribution in [1.29, 1.82) is 0 Å². The van der Waals surface area contributed by atoms with Crippen molar-refractivity contribution in [1.82, 2.24) is 5.32 Å². The SMILES string of the molecule is CCNC(C1=CCCC1)c1ccc(OC(F)(F)F)cc1. The Morgan fingerprint density at radius 2 is 1.95 bits per heavy atom. The molecule has 1 atom stereocenters. The Morgan fingerprint density at radius 1 is 1.25 bits per heavy atom. The highest BCUT2D eigenvalue weighted by molar-refractivity contribution is 5.34. The predicted molar refractivity (Wildman–Crippen MR) is 71.5 cm³/mol. The Bertz CT molecular complexity index is 465. The molecule has 0 heterocycles. The van der Waals surface area contributed by atoms with E-state index in [4.69, 9.17) is 0 Å². The van der Waals surface area contributed by atoms with Crippen LogP contribution in [0.1, 0.15) is 37.8 Å². The zero-order valence-corrected chi connectivity index (χ0v) is 11.3. The molecule has 0 saturated carbocycles. The Labute approximate surface area is 116 Å². The number of benzene rings is 1. The molecule has 0 amide bonds. The first-order valence-corrected chi connectivity index (χ1v) is 6.77. The maximum atomic E-state index is 12.1. The molecule has 0 spiro atoms. The zero-order valence-electron chi connectivity index (χ0n) is 11.3. The summed E-state index contributed by atoms with van der Waals surface area (Å²) in [5.74, 6) is -0.183. The fourth-order valence-corrected chi connectivity index (χ4v) is 2.49. The monoisotopic (exact) mass is 285 g/mol. The van der Waals surface area contributed by atoms with E-state index in [1.165, 1.54) is 17.7 Å². The molecule has 5 heteroatoms. The highest BCUT2D eigenvalue weighted by atomic mass is 19.4. The highest BCUT2D eigenvalue weighted by Crippen LogP contribution is 2.32. The molecule has 1 N–H and O–H groups in total. The fraction of sp³-hybridized carbons (Fsp3) is 0.467. The van der Waals surface area contributed by atoms with Crippen molar-refractivity contribution in [2.24, 2.45) is 0 Å². The van der Waals surface area contributed by atoms with Gasteiger partial charge < -0.3 is 10.1 Å². The summed E-state index contributed by atoms with van der Waals surface area (Å²) in [5.41, 5.74) is 2.28. The van der Waals surface area contributed by atoms with E-state index >= 15 is 0 Å². The van der Waals surface area contributed by atoms with Crippen LogP contribution < -0.4 is 10.1 Å². The molecule has 1 aromatic rings. The molecule has 1 aromatic carbocycles. The molecule has 0 aromatic heterocycles.